The summed E-state index contributed by atoms with van der Waals surface area (Å²) in [6.45, 7) is 0. The molecular formula is C19H10ClNOS. The molecule has 0 saturated heterocycles. The van der Waals surface area contributed by atoms with E-state index in [4.69, 9.17) is 21.0 Å². The molecule has 5 rings (SSSR count). The number of halogens is 1. The molecule has 0 aliphatic rings. The molecule has 110 valence electrons. The summed E-state index contributed by atoms with van der Waals surface area (Å²) < 4.78 is 7.08. The predicted octanol–water partition coefficient (Wildman–Crippen LogP) is 6.52. The predicted molar refractivity (Wildman–Crippen MR) is 97.3 cm³/mol. The average Bonchev–Trinajstić information content (AvgIpc) is 3.14. The molecule has 2 heterocycles. The van der Waals surface area contributed by atoms with E-state index in [1.54, 1.807) is 11.3 Å². The molecule has 0 aliphatic heterocycles. The van der Waals surface area contributed by atoms with Crippen molar-refractivity contribution in [2.75, 3.05) is 0 Å². The van der Waals surface area contributed by atoms with E-state index in [0.717, 1.165) is 42.7 Å². The van der Waals surface area contributed by atoms with Crippen LogP contribution in [0.1, 0.15) is 0 Å². The topological polar surface area (TPSA) is 26.0 Å². The van der Waals surface area contributed by atoms with Crippen LogP contribution in [0, 0.1) is 0 Å². The molecule has 0 radical (unpaired) electrons. The van der Waals surface area contributed by atoms with Gasteiger partial charge in [-0.05, 0) is 24.3 Å². The number of hydrogen-bond acceptors (Lipinski definition) is 3. The lowest BCUT2D eigenvalue weighted by atomic mass is 10.1. The Morgan fingerprint density at radius 2 is 1.70 bits per heavy atom. The van der Waals surface area contributed by atoms with Crippen molar-refractivity contribution >= 4 is 55.1 Å². The van der Waals surface area contributed by atoms with Crippen molar-refractivity contribution in [1.82, 2.24) is 4.98 Å². The highest BCUT2D eigenvalue weighted by molar-refractivity contribution is 7.21. The zero-order valence-corrected chi connectivity index (χ0v) is 13.5. The fourth-order valence-corrected chi connectivity index (χ4v) is 4.03. The maximum absolute atomic E-state index is 6.12. The molecule has 23 heavy (non-hydrogen) atoms. The zero-order valence-electron chi connectivity index (χ0n) is 11.9. The molecule has 0 atom stereocenters. The van der Waals surface area contributed by atoms with E-state index in [-0.39, 0.29) is 0 Å². The van der Waals surface area contributed by atoms with Gasteiger partial charge in [-0.25, -0.2) is 4.98 Å². The van der Waals surface area contributed by atoms with Crippen LogP contribution < -0.4 is 0 Å². The Morgan fingerprint density at radius 3 is 2.57 bits per heavy atom. The van der Waals surface area contributed by atoms with Gasteiger partial charge in [-0.2, -0.15) is 0 Å². The van der Waals surface area contributed by atoms with Crippen LogP contribution in [0.5, 0.6) is 0 Å². The molecule has 2 aromatic heterocycles. The van der Waals surface area contributed by atoms with Crippen molar-refractivity contribution in [2.45, 2.75) is 0 Å². The van der Waals surface area contributed by atoms with E-state index >= 15 is 0 Å². The second-order valence-electron chi connectivity index (χ2n) is 5.44. The Hall–Kier alpha value is -2.36. The largest absolute Gasteiger partial charge is 0.456 e. The minimum atomic E-state index is 0.712. The lowest BCUT2D eigenvalue weighted by Gasteiger charge is -1.92. The van der Waals surface area contributed by atoms with Crippen molar-refractivity contribution in [3.63, 3.8) is 0 Å². The van der Waals surface area contributed by atoms with Gasteiger partial charge in [0, 0.05) is 27.4 Å². The summed E-state index contributed by atoms with van der Waals surface area (Å²) in [6, 6.07) is 20.1. The maximum Gasteiger partial charge on any atom is 0.136 e. The van der Waals surface area contributed by atoms with E-state index in [0.29, 0.717) is 5.02 Å². The second-order valence-corrected chi connectivity index (χ2v) is 6.91. The molecule has 2 nitrogen and oxygen atoms in total. The lowest BCUT2D eigenvalue weighted by Crippen LogP contribution is -1.74. The van der Waals surface area contributed by atoms with Gasteiger partial charge in [-0.15, -0.1) is 11.3 Å². The molecule has 0 bridgehead atoms. The summed E-state index contributed by atoms with van der Waals surface area (Å²) in [4.78, 5) is 4.79. The molecule has 0 amide bonds. The Kier molecular flexibility index (Phi) is 2.75. The SMILES string of the molecule is Clc1ccc2oc3cc4sc(-c5ccccc5)nc4cc3c2c1. The molecule has 4 heteroatoms. The smallest absolute Gasteiger partial charge is 0.136 e. The number of nitrogens with zero attached hydrogens (tertiary/aromatic N) is 1. The first-order valence-corrected chi connectivity index (χ1v) is 8.45. The van der Waals surface area contributed by atoms with Gasteiger partial charge in [0.2, 0.25) is 0 Å². The number of hydrogen-bond donors (Lipinski definition) is 0. The molecule has 0 fully saturated rings. The van der Waals surface area contributed by atoms with Gasteiger partial charge in [-0.1, -0.05) is 41.9 Å². The van der Waals surface area contributed by atoms with E-state index in [1.165, 1.54) is 0 Å². The van der Waals surface area contributed by atoms with Gasteiger partial charge >= 0.3 is 0 Å². The summed E-state index contributed by atoms with van der Waals surface area (Å²) >= 11 is 7.80. The molecular weight excluding hydrogens is 326 g/mol. The highest BCUT2D eigenvalue weighted by Crippen LogP contribution is 2.37. The summed E-state index contributed by atoms with van der Waals surface area (Å²) in [5, 5.41) is 3.82. The number of benzene rings is 3. The van der Waals surface area contributed by atoms with E-state index in [9.17, 15) is 0 Å². The van der Waals surface area contributed by atoms with Gasteiger partial charge in [-0.3, -0.25) is 0 Å². The molecule has 0 aliphatic carbocycles. The zero-order chi connectivity index (χ0) is 15.4. The highest BCUT2D eigenvalue weighted by atomic mass is 35.5. The summed E-state index contributed by atoms with van der Waals surface area (Å²) in [5.41, 5.74) is 3.85. The van der Waals surface area contributed by atoms with Gasteiger partial charge in [0.1, 0.15) is 16.2 Å². The van der Waals surface area contributed by atoms with Crippen LogP contribution in [0.2, 0.25) is 5.02 Å². The third-order valence-electron chi connectivity index (χ3n) is 3.96. The fourth-order valence-electron chi connectivity index (χ4n) is 2.87. The standard InChI is InChI=1S/C19H10ClNOS/c20-12-6-7-16-13(8-12)14-9-15-18(10-17(14)22-16)23-19(21-15)11-4-2-1-3-5-11/h1-10H. The number of thiazole rings is 1. The molecule has 0 unspecified atom stereocenters. The first-order valence-electron chi connectivity index (χ1n) is 7.26. The lowest BCUT2D eigenvalue weighted by molar-refractivity contribution is 0.669. The normalized spacial score (nSPS) is 11.7. The van der Waals surface area contributed by atoms with Crippen molar-refractivity contribution < 1.29 is 4.42 Å². The van der Waals surface area contributed by atoms with Gasteiger partial charge < -0.3 is 4.42 Å². The average molecular weight is 336 g/mol. The van der Waals surface area contributed by atoms with Crippen LogP contribution in [-0.4, -0.2) is 4.98 Å². The monoisotopic (exact) mass is 335 g/mol. The van der Waals surface area contributed by atoms with E-state index in [1.807, 2.05) is 36.4 Å². The first kappa shape index (κ1) is 13.1. The number of aromatic nitrogens is 1. The molecule has 0 N–H and O–H groups in total. The van der Waals surface area contributed by atoms with E-state index in [2.05, 4.69) is 24.3 Å². The molecule has 5 aromatic rings. The number of fused-ring (bicyclic) bond motifs is 4. The van der Waals surface area contributed by atoms with Crippen molar-refractivity contribution in [3.05, 3.63) is 65.7 Å². The summed E-state index contributed by atoms with van der Waals surface area (Å²) in [5.74, 6) is 0. The van der Waals surface area contributed by atoms with Gasteiger partial charge in [0.05, 0.1) is 10.2 Å². The minimum absolute atomic E-state index is 0.712. The maximum atomic E-state index is 6.12. The molecule has 3 aromatic carbocycles. The van der Waals surface area contributed by atoms with Gasteiger partial charge in [0.15, 0.2) is 0 Å². The Balaban J connectivity index is 1.80. The van der Waals surface area contributed by atoms with Crippen LogP contribution in [0.3, 0.4) is 0 Å². The van der Waals surface area contributed by atoms with Crippen molar-refractivity contribution in [2.24, 2.45) is 0 Å². The number of rotatable bonds is 1. The van der Waals surface area contributed by atoms with Crippen LogP contribution in [0.25, 0.3) is 42.7 Å². The van der Waals surface area contributed by atoms with Crippen LogP contribution in [0.4, 0.5) is 0 Å². The van der Waals surface area contributed by atoms with E-state index < -0.39 is 0 Å². The first-order chi connectivity index (χ1) is 11.3. The number of furan rings is 1. The second kappa shape index (κ2) is 4.82. The van der Waals surface area contributed by atoms with Crippen LogP contribution in [0.15, 0.2) is 65.1 Å². The molecule has 0 saturated carbocycles. The van der Waals surface area contributed by atoms with Crippen molar-refractivity contribution in [1.29, 1.82) is 0 Å². The van der Waals surface area contributed by atoms with Crippen LogP contribution in [-0.2, 0) is 0 Å². The summed E-state index contributed by atoms with van der Waals surface area (Å²) in [7, 11) is 0. The third-order valence-corrected chi connectivity index (χ3v) is 5.26. The quantitative estimate of drug-likeness (QED) is 0.348. The minimum Gasteiger partial charge on any atom is -0.456 e. The third kappa shape index (κ3) is 2.05. The fraction of sp³-hybridized carbons (Fsp3) is 0. The van der Waals surface area contributed by atoms with Gasteiger partial charge in [0.25, 0.3) is 0 Å². The highest BCUT2D eigenvalue weighted by Gasteiger charge is 2.12. The summed E-state index contributed by atoms with van der Waals surface area (Å²) in [6.07, 6.45) is 0. The van der Waals surface area contributed by atoms with Crippen LogP contribution >= 0.6 is 22.9 Å². The Labute approximate surface area is 140 Å². The Morgan fingerprint density at radius 1 is 0.870 bits per heavy atom. The molecule has 0 spiro atoms. The van der Waals surface area contributed by atoms with Crippen molar-refractivity contribution in [3.8, 4) is 10.6 Å². The Bertz CT molecular complexity index is 1170.